The molecule has 2 rings (SSSR count). The number of likely N-dealkylation sites (tertiary alicyclic amines) is 1. The zero-order chi connectivity index (χ0) is 11.5. The summed E-state index contributed by atoms with van der Waals surface area (Å²) in [5, 5.41) is 5.94. The Kier molecular flexibility index (Phi) is 3.69. The Hall–Kier alpha value is -0.770. The summed E-state index contributed by atoms with van der Waals surface area (Å²) in [7, 11) is 2.16. The first-order valence-corrected chi connectivity index (χ1v) is 6.36. The fourth-order valence-electron chi connectivity index (χ4n) is 2.61. The lowest BCUT2D eigenvalue weighted by atomic mass is 9.91. The summed E-state index contributed by atoms with van der Waals surface area (Å²) in [6, 6.07) is 0.469. The van der Waals surface area contributed by atoms with Crippen LogP contribution in [0.2, 0.25) is 0 Å². The third-order valence-electron chi connectivity index (χ3n) is 3.39. The van der Waals surface area contributed by atoms with Crippen LogP contribution in [0.15, 0.2) is 0 Å². The Balaban J connectivity index is 1.65. The average molecular weight is 225 g/mol. The number of carbonyl (C=O) groups excluding carboxylic acids is 1. The molecule has 16 heavy (non-hydrogen) atoms. The number of nitrogens with zero attached hydrogens (tertiary/aromatic N) is 1. The SMILES string of the molecule is CC1CC(CNC(=O)NC2CC2)CN(C)C1. The predicted molar refractivity (Wildman–Crippen MR) is 64.3 cm³/mol. The van der Waals surface area contributed by atoms with E-state index in [1.807, 2.05) is 0 Å². The van der Waals surface area contributed by atoms with Gasteiger partial charge in [0.2, 0.25) is 0 Å². The van der Waals surface area contributed by atoms with Gasteiger partial charge in [0.05, 0.1) is 0 Å². The van der Waals surface area contributed by atoms with E-state index in [1.165, 1.54) is 13.0 Å². The second-order valence-corrected chi connectivity index (χ2v) is 5.56. The van der Waals surface area contributed by atoms with Crippen LogP contribution >= 0.6 is 0 Å². The van der Waals surface area contributed by atoms with Gasteiger partial charge in [-0.15, -0.1) is 0 Å². The fourth-order valence-corrected chi connectivity index (χ4v) is 2.61. The molecule has 0 radical (unpaired) electrons. The molecule has 0 aromatic heterocycles. The van der Waals surface area contributed by atoms with Gasteiger partial charge in [0.1, 0.15) is 0 Å². The van der Waals surface area contributed by atoms with Crippen molar-refractivity contribution in [2.45, 2.75) is 32.2 Å². The Bertz CT molecular complexity index is 243. The highest BCUT2D eigenvalue weighted by Gasteiger charge is 2.25. The van der Waals surface area contributed by atoms with Crippen molar-refractivity contribution in [1.82, 2.24) is 15.5 Å². The molecule has 2 fully saturated rings. The van der Waals surface area contributed by atoms with Crippen LogP contribution in [0.5, 0.6) is 0 Å². The molecule has 2 N–H and O–H groups in total. The normalized spacial score (nSPS) is 31.1. The standard InChI is InChI=1S/C12H23N3O/c1-9-5-10(8-15(2)7-9)6-13-12(16)14-11-3-4-11/h9-11H,3-8H2,1-2H3,(H2,13,14,16). The number of rotatable bonds is 3. The molecule has 1 heterocycles. The van der Waals surface area contributed by atoms with Gasteiger partial charge in [0, 0.05) is 25.7 Å². The predicted octanol–water partition coefficient (Wildman–Crippen LogP) is 1.04. The van der Waals surface area contributed by atoms with E-state index in [-0.39, 0.29) is 6.03 Å². The molecule has 0 aromatic rings. The molecule has 2 unspecified atom stereocenters. The van der Waals surface area contributed by atoms with Crippen LogP contribution in [-0.4, -0.2) is 43.7 Å². The molecule has 4 heteroatoms. The van der Waals surface area contributed by atoms with Crippen molar-refractivity contribution in [2.75, 3.05) is 26.7 Å². The minimum Gasteiger partial charge on any atom is -0.338 e. The first kappa shape index (κ1) is 11.7. The Morgan fingerprint density at radius 1 is 1.38 bits per heavy atom. The molecular weight excluding hydrogens is 202 g/mol. The second-order valence-electron chi connectivity index (χ2n) is 5.56. The number of carbonyl (C=O) groups is 1. The summed E-state index contributed by atoms with van der Waals surface area (Å²) in [6.07, 6.45) is 3.53. The third kappa shape index (κ3) is 3.67. The summed E-state index contributed by atoms with van der Waals surface area (Å²) < 4.78 is 0. The minimum absolute atomic E-state index is 0.0170. The smallest absolute Gasteiger partial charge is 0.315 e. The Labute approximate surface area is 97.8 Å². The van der Waals surface area contributed by atoms with E-state index < -0.39 is 0 Å². The van der Waals surface area contributed by atoms with Gasteiger partial charge in [-0.05, 0) is 38.1 Å². The first-order chi connectivity index (χ1) is 7.63. The molecule has 0 spiro atoms. The molecule has 4 nitrogen and oxygen atoms in total. The van der Waals surface area contributed by atoms with E-state index in [0.29, 0.717) is 12.0 Å². The fraction of sp³-hybridized carbons (Fsp3) is 0.917. The van der Waals surface area contributed by atoms with Crippen LogP contribution in [-0.2, 0) is 0 Å². The molecule has 1 aliphatic carbocycles. The molecule has 0 bridgehead atoms. The molecule has 0 aromatic carbocycles. The highest BCUT2D eigenvalue weighted by molar-refractivity contribution is 5.74. The molecule has 1 saturated carbocycles. The second kappa shape index (κ2) is 5.04. The monoisotopic (exact) mass is 225 g/mol. The minimum atomic E-state index is 0.0170. The van der Waals surface area contributed by atoms with Crippen LogP contribution in [0.25, 0.3) is 0 Å². The van der Waals surface area contributed by atoms with Crippen LogP contribution < -0.4 is 10.6 Å². The van der Waals surface area contributed by atoms with Gasteiger partial charge < -0.3 is 15.5 Å². The third-order valence-corrected chi connectivity index (χ3v) is 3.39. The molecule has 2 atom stereocenters. The number of urea groups is 1. The van der Waals surface area contributed by atoms with Gasteiger partial charge in [0.25, 0.3) is 0 Å². The summed E-state index contributed by atoms with van der Waals surface area (Å²) in [6.45, 7) is 5.39. The summed E-state index contributed by atoms with van der Waals surface area (Å²) in [5.41, 5.74) is 0. The molecule has 1 saturated heterocycles. The highest BCUT2D eigenvalue weighted by Crippen LogP contribution is 2.20. The van der Waals surface area contributed by atoms with Gasteiger partial charge >= 0.3 is 6.03 Å². The van der Waals surface area contributed by atoms with Gasteiger partial charge in [0.15, 0.2) is 0 Å². The van der Waals surface area contributed by atoms with Crippen molar-refractivity contribution in [3.8, 4) is 0 Å². The van der Waals surface area contributed by atoms with Gasteiger partial charge in [-0.2, -0.15) is 0 Å². The maximum absolute atomic E-state index is 11.5. The van der Waals surface area contributed by atoms with Gasteiger partial charge in [-0.3, -0.25) is 0 Å². The van der Waals surface area contributed by atoms with E-state index >= 15 is 0 Å². The topological polar surface area (TPSA) is 44.4 Å². The van der Waals surface area contributed by atoms with E-state index in [4.69, 9.17) is 0 Å². The summed E-state index contributed by atoms with van der Waals surface area (Å²) >= 11 is 0. The molecule has 2 amide bonds. The summed E-state index contributed by atoms with van der Waals surface area (Å²) in [5.74, 6) is 1.36. The van der Waals surface area contributed by atoms with Crippen molar-refractivity contribution >= 4 is 6.03 Å². The maximum Gasteiger partial charge on any atom is 0.315 e. The van der Waals surface area contributed by atoms with E-state index in [9.17, 15) is 4.79 Å². The number of amides is 2. The van der Waals surface area contributed by atoms with Crippen molar-refractivity contribution < 1.29 is 4.79 Å². The maximum atomic E-state index is 11.5. The van der Waals surface area contributed by atoms with E-state index in [1.54, 1.807) is 0 Å². The Morgan fingerprint density at radius 3 is 2.75 bits per heavy atom. The van der Waals surface area contributed by atoms with Gasteiger partial charge in [-0.25, -0.2) is 4.79 Å². The van der Waals surface area contributed by atoms with Crippen LogP contribution in [0, 0.1) is 11.8 Å². The lowest BCUT2D eigenvalue weighted by molar-refractivity contribution is 0.159. The molecule has 92 valence electrons. The van der Waals surface area contributed by atoms with Crippen molar-refractivity contribution in [3.05, 3.63) is 0 Å². The molecule has 1 aliphatic heterocycles. The van der Waals surface area contributed by atoms with Crippen LogP contribution in [0.3, 0.4) is 0 Å². The van der Waals surface area contributed by atoms with E-state index in [2.05, 4.69) is 29.5 Å². The largest absolute Gasteiger partial charge is 0.338 e. The molecule has 2 aliphatic rings. The molecular formula is C12H23N3O. The zero-order valence-corrected chi connectivity index (χ0v) is 10.3. The van der Waals surface area contributed by atoms with Gasteiger partial charge in [-0.1, -0.05) is 6.92 Å². The zero-order valence-electron chi connectivity index (χ0n) is 10.3. The number of hydrogen-bond acceptors (Lipinski definition) is 2. The average Bonchev–Trinajstić information content (AvgIpc) is 2.97. The van der Waals surface area contributed by atoms with Crippen molar-refractivity contribution in [3.63, 3.8) is 0 Å². The van der Waals surface area contributed by atoms with E-state index in [0.717, 1.165) is 31.8 Å². The van der Waals surface area contributed by atoms with Crippen LogP contribution in [0.1, 0.15) is 26.2 Å². The highest BCUT2D eigenvalue weighted by atomic mass is 16.2. The lowest BCUT2D eigenvalue weighted by Gasteiger charge is -2.34. The number of nitrogens with one attached hydrogen (secondary N) is 2. The number of piperidine rings is 1. The van der Waals surface area contributed by atoms with Crippen LogP contribution in [0.4, 0.5) is 4.79 Å². The Morgan fingerprint density at radius 2 is 2.12 bits per heavy atom. The summed E-state index contributed by atoms with van der Waals surface area (Å²) in [4.78, 5) is 13.8. The quantitative estimate of drug-likeness (QED) is 0.753. The number of hydrogen-bond donors (Lipinski definition) is 2. The first-order valence-electron chi connectivity index (χ1n) is 6.36. The van der Waals surface area contributed by atoms with Crippen molar-refractivity contribution in [1.29, 1.82) is 0 Å². The lowest BCUT2D eigenvalue weighted by Crippen LogP contribution is -2.44. The van der Waals surface area contributed by atoms with Crippen molar-refractivity contribution in [2.24, 2.45) is 11.8 Å².